The summed E-state index contributed by atoms with van der Waals surface area (Å²) in [6.45, 7) is 2.20. The standard InChI is InChI=1S/C20H19BrN2O4/c1-12(24)27-11-15-16(21)3-2-4-17(15)23-7-8-26-18-9-14(13-5-6-13)10-22-19(18)20(23)25/h2-4,9-10,13H,5-8,11H2,1H3. The van der Waals surface area contributed by atoms with E-state index in [9.17, 15) is 9.59 Å². The molecule has 6 nitrogen and oxygen atoms in total. The molecule has 0 bridgehead atoms. The lowest BCUT2D eigenvalue weighted by Crippen LogP contribution is -2.33. The Morgan fingerprint density at radius 1 is 1.41 bits per heavy atom. The van der Waals surface area contributed by atoms with Gasteiger partial charge in [0.15, 0.2) is 11.4 Å². The molecule has 1 amide bonds. The van der Waals surface area contributed by atoms with Gasteiger partial charge in [-0.05, 0) is 42.5 Å². The molecule has 1 aromatic heterocycles. The van der Waals surface area contributed by atoms with Gasteiger partial charge in [-0.25, -0.2) is 4.98 Å². The zero-order valence-corrected chi connectivity index (χ0v) is 16.5. The minimum Gasteiger partial charge on any atom is -0.489 e. The molecule has 7 heteroatoms. The van der Waals surface area contributed by atoms with Gasteiger partial charge in [-0.1, -0.05) is 22.0 Å². The van der Waals surface area contributed by atoms with Crippen molar-refractivity contribution in [2.24, 2.45) is 0 Å². The quantitative estimate of drug-likeness (QED) is 0.689. The van der Waals surface area contributed by atoms with Crippen LogP contribution in [-0.4, -0.2) is 30.0 Å². The molecule has 0 atom stereocenters. The molecule has 0 spiro atoms. The van der Waals surface area contributed by atoms with Gasteiger partial charge in [0, 0.05) is 23.2 Å². The molecular weight excluding hydrogens is 412 g/mol. The Kier molecular flexibility index (Phi) is 4.86. The summed E-state index contributed by atoms with van der Waals surface area (Å²) < 4.78 is 11.8. The number of pyridine rings is 1. The van der Waals surface area contributed by atoms with Crippen molar-refractivity contribution in [3.63, 3.8) is 0 Å². The van der Waals surface area contributed by atoms with Crippen LogP contribution in [0.2, 0.25) is 0 Å². The Bertz CT molecular complexity index is 911. The lowest BCUT2D eigenvalue weighted by Gasteiger charge is -2.23. The number of aromatic nitrogens is 1. The van der Waals surface area contributed by atoms with Crippen LogP contribution in [0.3, 0.4) is 0 Å². The van der Waals surface area contributed by atoms with E-state index in [1.807, 2.05) is 24.3 Å². The zero-order chi connectivity index (χ0) is 19.0. The summed E-state index contributed by atoms with van der Waals surface area (Å²) in [6.07, 6.45) is 4.11. The maximum atomic E-state index is 13.2. The maximum Gasteiger partial charge on any atom is 0.302 e. The van der Waals surface area contributed by atoms with Gasteiger partial charge >= 0.3 is 5.97 Å². The Labute approximate surface area is 165 Å². The number of nitrogens with zero attached hydrogens (tertiary/aromatic N) is 2. The van der Waals surface area contributed by atoms with Crippen molar-refractivity contribution in [3.8, 4) is 5.75 Å². The zero-order valence-electron chi connectivity index (χ0n) is 14.9. The molecule has 1 aliphatic carbocycles. The average Bonchev–Trinajstić information content (AvgIpc) is 3.49. The second-order valence-corrected chi connectivity index (χ2v) is 7.57. The number of carbonyl (C=O) groups excluding carboxylic acids is 2. The summed E-state index contributed by atoms with van der Waals surface area (Å²) in [6, 6.07) is 7.49. The highest BCUT2D eigenvalue weighted by Gasteiger charge is 2.31. The number of hydrogen-bond donors (Lipinski definition) is 0. The van der Waals surface area contributed by atoms with Crippen LogP contribution in [-0.2, 0) is 16.1 Å². The first-order valence-electron chi connectivity index (χ1n) is 8.90. The monoisotopic (exact) mass is 430 g/mol. The molecule has 1 saturated carbocycles. The third-order valence-corrected chi connectivity index (χ3v) is 5.49. The second-order valence-electron chi connectivity index (χ2n) is 6.71. The highest BCUT2D eigenvalue weighted by molar-refractivity contribution is 9.10. The van der Waals surface area contributed by atoms with Gasteiger partial charge in [-0.15, -0.1) is 0 Å². The number of esters is 1. The van der Waals surface area contributed by atoms with E-state index >= 15 is 0 Å². The lowest BCUT2D eigenvalue weighted by atomic mass is 10.1. The second kappa shape index (κ2) is 7.31. The highest BCUT2D eigenvalue weighted by Crippen LogP contribution is 2.41. The van der Waals surface area contributed by atoms with Crippen molar-refractivity contribution in [2.45, 2.75) is 32.3 Å². The van der Waals surface area contributed by atoms with Crippen LogP contribution in [0.15, 0.2) is 34.9 Å². The maximum absolute atomic E-state index is 13.2. The highest BCUT2D eigenvalue weighted by atomic mass is 79.9. The largest absolute Gasteiger partial charge is 0.489 e. The summed E-state index contributed by atoms with van der Waals surface area (Å²) in [7, 11) is 0. The van der Waals surface area contributed by atoms with Crippen molar-refractivity contribution < 1.29 is 19.1 Å². The molecule has 2 aromatic rings. The Hall–Kier alpha value is -2.41. The molecule has 1 aliphatic heterocycles. The molecule has 2 aliphatic rings. The molecule has 4 rings (SSSR count). The predicted molar refractivity (Wildman–Crippen MR) is 103 cm³/mol. The molecule has 1 aromatic carbocycles. The summed E-state index contributed by atoms with van der Waals surface area (Å²) >= 11 is 3.49. The van der Waals surface area contributed by atoms with Crippen LogP contribution in [0.4, 0.5) is 5.69 Å². The van der Waals surface area contributed by atoms with Crippen LogP contribution in [0, 0.1) is 0 Å². The first-order valence-corrected chi connectivity index (χ1v) is 9.69. The van der Waals surface area contributed by atoms with E-state index in [-0.39, 0.29) is 18.5 Å². The van der Waals surface area contributed by atoms with Crippen LogP contribution in [0.5, 0.6) is 5.75 Å². The number of ether oxygens (including phenoxy) is 2. The average molecular weight is 431 g/mol. The third-order valence-electron chi connectivity index (χ3n) is 4.75. The first-order chi connectivity index (χ1) is 13.0. The molecule has 0 unspecified atom stereocenters. The Balaban J connectivity index is 1.69. The van der Waals surface area contributed by atoms with E-state index in [1.165, 1.54) is 6.92 Å². The lowest BCUT2D eigenvalue weighted by molar-refractivity contribution is -0.142. The molecule has 2 heterocycles. The molecule has 1 fully saturated rings. The Morgan fingerprint density at radius 3 is 2.96 bits per heavy atom. The fourth-order valence-corrected chi connectivity index (χ4v) is 3.66. The van der Waals surface area contributed by atoms with Gasteiger partial charge in [-0.2, -0.15) is 0 Å². The van der Waals surface area contributed by atoms with E-state index in [2.05, 4.69) is 20.9 Å². The smallest absolute Gasteiger partial charge is 0.302 e. The topological polar surface area (TPSA) is 68.7 Å². The number of rotatable bonds is 4. The van der Waals surface area contributed by atoms with Crippen LogP contribution in [0.1, 0.15) is 47.3 Å². The number of anilines is 1. The van der Waals surface area contributed by atoms with E-state index in [0.29, 0.717) is 36.2 Å². The fourth-order valence-electron chi connectivity index (χ4n) is 3.19. The predicted octanol–water partition coefficient (Wildman–Crippen LogP) is 3.82. The SMILES string of the molecule is CC(=O)OCc1c(Br)cccc1N1CCOc2cc(C3CC3)cnc2C1=O. The van der Waals surface area contributed by atoms with Crippen LogP contribution >= 0.6 is 15.9 Å². The van der Waals surface area contributed by atoms with E-state index < -0.39 is 0 Å². The van der Waals surface area contributed by atoms with Gasteiger partial charge in [0.1, 0.15) is 13.2 Å². The van der Waals surface area contributed by atoms with Gasteiger partial charge < -0.3 is 14.4 Å². The minimum atomic E-state index is -0.373. The number of benzene rings is 1. The van der Waals surface area contributed by atoms with E-state index in [0.717, 1.165) is 28.4 Å². The van der Waals surface area contributed by atoms with Gasteiger partial charge in [-0.3, -0.25) is 9.59 Å². The van der Waals surface area contributed by atoms with Gasteiger partial charge in [0.2, 0.25) is 0 Å². The van der Waals surface area contributed by atoms with Crippen molar-refractivity contribution >= 4 is 33.5 Å². The molecule has 27 heavy (non-hydrogen) atoms. The van der Waals surface area contributed by atoms with Gasteiger partial charge in [0.05, 0.1) is 12.2 Å². The summed E-state index contributed by atoms with van der Waals surface area (Å²) in [5.41, 5.74) is 2.86. The number of fused-ring (bicyclic) bond motifs is 1. The summed E-state index contributed by atoms with van der Waals surface area (Å²) in [4.78, 5) is 30.5. The molecule has 0 N–H and O–H groups in total. The minimum absolute atomic E-state index is 0.0810. The molecular formula is C20H19BrN2O4. The van der Waals surface area contributed by atoms with Crippen molar-refractivity contribution in [3.05, 3.63) is 51.8 Å². The normalized spacial score (nSPS) is 16.4. The van der Waals surface area contributed by atoms with E-state index in [1.54, 1.807) is 11.1 Å². The Morgan fingerprint density at radius 2 is 2.22 bits per heavy atom. The fraction of sp³-hybridized carbons (Fsp3) is 0.350. The van der Waals surface area contributed by atoms with Crippen molar-refractivity contribution in [1.82, 2.24) is 4.98 Å². The summed E-state index contributed by atoms with van der Waals surface area (Å²) in [5.74, 6) is 0.499. The number of carbonyl (C=O) groups is 2. The van der Waals surface area contributed by atoms with Crippen LogP contribution in [0.25, 0.3) is 0 Å². The molecule has 0 radical (unpaired) electrons. The third kappa shape index (κ3) is 3.69. The number of hydrogen-bond acceptors (Lipinski definition) is 5. The van der Waals surface area contributed by atoms with Crippen molar-refractivity contribution in [1.29, 1.82) is 0 Å². The molecule has 140 valence electrons. The first kappa shape index (κ1) is 18.0. The molecule has 0 saturated heterocycles. The summed E-state index contributed by atoms with van der Waals surface area (Å²) in [5, 5.41) is 0. The van der Waals surface area contributed by atoms with Gasteiger partial charge in [0.25, 0.3) is 5.91 Å². The number of amides is 1. The number of halogens is 1. The van der Waals surface area contributed by atoms with Crippen LogP contribution < -0.4 is 9.64 Å². The van der Waals surface area contributed by atoms with Crippen molar-refractivity contribution in [2.75, 3.05) is 18.1 Å². The van der Waals surface area contributed by atoms with E-state index in [4.69, 9.17) is 9.47 Å².